The van der Waals surface area contributed by atoms with Crippen molar-refractivity contribution in [2.24, 2.45) is 7.05 Å². The average Bonchev–Trinajstić information content (AvgIpc) is 3.24. The molecule has 1 aliphatic carbocycles. The SMILES string of the molecule is Cc1ccc(OCc2nnc(C)n2C)c(CNC2CC2)c1. The van der Waals surface area contributed by atoms with Crippen LogP contribution < -0.4 is 10.1 Å². The Labute approximate surface area is 125 Å². The van der Waals surface area contributed by atoms with E-state index in [1.807, 2.05) is 24.6 Å². The van der Waals surface area contributed by atoms with E-state index in [2.05, 4.69) is 34.6 Å². The van der Waals surface area contributed by atoms with Gasteiger partial charge in [0.15, 0.2) is 5.82 Å². The lowest BCUT2D eigenvalue weighted by molar-refractivity contribution is 0.287. The summed E-state index contributed by atoms with van der Waals surface area (Å²) in [5.74, 6) is 2.66. The van der Waals surface area contributed by atoms with Crippen molar-refractivity contribution in [3.05, 3.63) is 41.0 Å². The zero-order chi connectivity index (χ0) is 14.8. The number of hydrogen-bond acceptors (Lipinski definition) is 4. The smallest absolute Gasteiger partial charge is 0.170 e. The molecule has 0 atom stereocenters. The normalized spacial score (nSPS) is 14.4. The van der Waals surface area contributed by atoms with Crippen molar-refractivity contribution < 1.29 is 4.74 Å². The zero-order valence-corrected chi connectivity index (χ0v) is 12.9. The molecule has 2 aromatic rings. The first kappa shape index (κ1) is 14.1. The van der Waals surface area contributed by atoms with Crippen molar-refractivity contribution in [1.82, 2.24) is 20.1 Å². The van der Waals surface area contributed by atoms with Crippen molar-refractivity contribution in [3.8, 4) is 5.75 Å². The Morgan fingerprint density at radius 1 is 1.29 bits per heavy atom. The summed E-state index contributed by atoms with van der Waals surface area (Å²) in [4.78, 5) is 0. The Morgan fingerprint density at radius 2 is 2.10 bits per heavy atom. The van der Waals surface area contributed by atoms with Crippen molar-refractivity contribution >= 4 is 0 Å². The molecule has 1 fully saturated rings. The maximum Gasteiger partial charge on any atom is 0.170 e. The number of nitrogens with one attached hydrogen (secondary N) is 1. The minimum Gasteiger partial charge on any atom is -0.485 e. The maximum atomic E-state index is 5.96. The molecule has 0 aliphatic heterocycles. The van der Waals surface area contributed by atoms with Crippen LogP contribution in [0.4, 0.5) is 0 Å². The molecule has 3 rings (SSSR count). The zero-order valence-electron chi connectivity index (χ0n) is 12.9. The van der Waals surface area contributed by atoms with Gasteiger partial charge in [0.2, 0.25) is 0 Å². The van der Waals surface area contributed by atoms with Gasteiger partial charge in [0.05, 0.1) is 0 Å². The van der Waals surface area contributed by atoms with E-state index in [9.17, 15) is 0 Å². The number of aromatic nitrogens is 3. The number of rotatable bonds is 6. The van der Waals surface area contributed by atoms with E-state index in [0.29, 0.717) is 12.6 Å². The summed E-state index contributed by atoms with van der Waals surface area (Å²) in [7, 11) is 1.96. The molecule has 0 radical (unpaired) electrons. The molecule has 0 saturated heterocycles. The fraction of sp³-hybridized carbons (Fsp3) is 0.500. The van der Waals surface area contributed by atoms with Crippen molar-refractivity contribution in [3.63, 3.8) is 0 Å². The molecule has 21 heavy (non-hydrogen) atoms. The average molecular weight is 286 g/mol. The van der Waals surface area contributed by atoms with E-state index in [0.717, 1.165) is 23.9 Å². The number of benzene rings is 1. The molecule has 0 amide bonds. The van der Waals surface area contributed by atoms with Gasteiger partial charge >= 0.3 is 0 Å². The van der Waals surface area contributed by atoms with Crippen LogP contribution in [-0.2, 0) is 20.2 Å². The van der Waals surface area contributed by atoms with Crippen LogP contribution in [0.1, 0.15) is 35.6 Å². The lowest BCUT2D eigenvalue weighted by Gasteiger charge is -2.13. The Bertz CT molecular complexity index is 631. The first-order valence-corrected chi connectivity index (χ1v) is 7.44. The second kappa shape index (κ2) is 5.85. The van der Waals surface area contributed by atoms with Crippen molar-refractivity contribution in [2.75, 3.05) is 0 Å². The van der Waals surface area contributed by atoms with Gasteiger partial charge in [0.25, 0.3) is 0 Å². The Hall–Kier alpha value is -1.88. The summed E-state index contributed by atoms with van der Waals surface area (Å²) in [5.41, 5.74) is 2.46. The highest BCUT2D eigenvalue weighted by Crippen LogP contribution is 2.24. The van der Waals surface area contributed by atoms with Crippen LogP contribution in [0, 0.1) is 13.8 Å². The molecule has 0 bridgehead atoms. The van der Waals surface area contributed by atoms with Gasteiger partial charge in [-0.05, 0) is 32.8 Å². The van der Waals surface area contributed by atoms with Crippen LogP contribution in [0.2, 0.25) is 0 Å². The van der Waals surface area contributed by atoms with E-state index in [1.54, 1.807) is 0 Å². The van der Waals surface area contributed by atoms with Gasteiger partial charge < -0.3 is 14.6 Å². The minimum atomic E-state index is 0.441. The van der Waals surface area contributed by atoms with Gasteiger partial charge in [-0.25, -0.2) is 0 Å². The summed E-state index contributed by atoms with van der Waals surface area (Å²) in [5, 5.41) is 11.7. The second-order valence-corrected chi connectivity index (χ2v) is 5.78. The van der Waals surface area contributed by atoms with E-state index < -0.39 is 0 Å². The van der Waals surface area contributed by atoms with Gasteiger partial charge in [-0.15, -0.1) is 10.2 Å². The molecular formula is C16H22N4O. The van der Waals surface area contributed by atoms with Crippen LogP contribution >= 0.6 is 0 Å². The third kappa shape index (κ3) is 3.42. The second-order valence-electron chi connectivity index (χ2n) is 5.78. The van der Waals surface area contributed by atoms with E-state index in [4.69, 9.17) is 4.74 Å². The standard InChI is InChI=1S/C16H22N4O/c1-11-4-7-15(13(8-11)9-17-14-5-6-14)21-10-16-19-18-12(2)20(16)3/h4,7-8,14,17H,5-6,9-10H2,1-3H3. The Kier molecular flexibility index (Phi) is 3.92. The molecule has 0 unspecified atom stereocenters. The van der Waals surface area contributed by atoms with Crippen molar-refractivity contribution in [1.29, 1.82) is 0 Å². The van der Waals surface area contributed by atoms with E-state index >= 15 is 0 Å². The van der Waals surface area contributed by atoms with Gasteiger partial charge in [-0.3, -0.25) is 0 Å². The molecule has 1 aromatic carbocycles. The highest BCUT2D eigenvalue weighted by Gasteiger charge is 2.20. The number of ether oxygens (including phenoxy) is 1. The highest BCUT2D eigenvalue weighted by atomic mass is 16.5. The molecule has 1 N–H and O–H groups in total. The first-order chi connectivity index (χ1) is 10.1. The van der Waals surface area contributed by atoms with Crippen LogP contribution in [0.3, 0.4) is 0 Å². The van der Waals surface area contributed by atoms with Gasteiger partial charge in [-0.2, -0.15) is 0 Å². The van der Waals surface area contributed by atoms with Crippen LogP contribution in [-0.4, -0.2) is 20.8 Å². The fourth-order valence-corrected chi connectivity index (χ4v) is 2.25. The van der Waals surface area contributed by atoms with E-state index in [-0.39, 0.29) is 0 Å². The molecule has 1 aliphatic rings. The summed E-state index contributed by atoms with van der Waals surface area (Å²) < 4.78 is 7.92. The molecule has 1 saturated carbocycles. The Balaban J connectivity index is 1.69. The molecule has 1 heterocycles. The predicted octanol–water partition coefficient (Wildman–Crippen LogP) is 2.26. The maximum absolute atomic E-state index is 5.96. The van der Waals surface area contributed by atoms with Gasteiger partial charge in [-0.1, -0.05) is 17.7 Å². The van der Waals surface area contributed by atoms with E-state index in [1.165, 1.54) is 24.0 Å². The number of nitrogens with zero attached hydrogens (tertiary/aromatic N) is 3. The molecule has 112 valence electrons. The monoisotopic (exact) mass is 286 g/mol. The topological polar surface area (TPSA) is 52.0 Å². The quantitative estimate of drug-likeness (QED) is 0.885. The summed E-state index contributed by atoms with van der Waals surface area (Å²) >= 11 is 0. The van der Waals surface area contributed by atoms with Gasteiger partial charge in [0, 0.05) is 25.2 Å². The first-order valence-electron chi connectivity index (χ1n) is 7.44. The highest BCUT2D eigenvalue weighted by molar-refractivity contribution is 5.37. The lowest BCUT2D eigenvalue weighted by atomic mass is 10.1. The predicted molar refractivity (Wildman–Crippen MR) is 81.1 cm³/mol. The molecule has 1 aromatic heterocycles. The van der Waals surface area contributed by atoms with Crippen LogP contribution in [0.5, 0.6) is 5.75 Å². The molecular weight excluding hydrogens is 264 g/mol. The van der Waals surface area contributed by atoms with Crippen LogP contribution in [0.15, 0.2) is 18.2 Å². The summed E-state index contributed by atoms with van der Waals surface area (Å²) in [6.07, 6.45) is 2.58. The number of hydrogen-bond donors (Lipinski definition) is 1. The largest absolute Gasteiger partial charge is 0.485 e. The third-order valence-corrected chi connectivity index (χ3v) is 3.91. The molecule has 5 heteroatoms. The van der Waals surface area contributed by atoms with Crippen molar-refractivity contribution in [2.45, 2.75) is 45.9 Å². The van der Waals surface area contributed by atoms with Crippen LogP contribution in [0.25, 0.3) is 0 Å². The van der Waals surface area contributed by atoms with Gasteiger partial charge in [0.1, 0.15) is 18.2 Å². The lowest BCUT2D eigenvalue weighted by Crippen LogP contribution is -2.16. The minimum absolute atomic E-state index is 0.441. The Morgan fingerprint density at radius 3 is 2.76 bits per heavy atom. The number of aryl methyl sites for hydroxylation is 2. The third-order valence-electron chi connectivity index (χ3n) is 3.91. The summed E-state index contributed by atoms with van der Waals surface area (Å²) in [6, 6.07) is 7.01. The fourth-order valence-electron chi connectivity index (χ4n) is 2.25. The summed E-state index contributed by atoms with van der Waals surface area (Å²) in [6.45, 7) is 5.35. The molecule has 5 nitrogen and oxygen atoms in total. The molecule has 0 spiro atoms.